The van der Waals surface area contributed by atoms with Crippen LogP contribution in [0.3, 0.4) is 0 Å². The van der Waals surface area contributed by atoms with Gasteiger partial charge in [0.15, 0.2) is 0 Å². The molecule has 0 bridgehead atoms. The number of hydrogen-bond acceptors (Lipinski definition) is 3. The number of nitrogens with one attached hydrogen (secondary N) is 1. The highest BCUT2D eigenvalue weighted by Gasteiger charge is 2.24. The summed E-state index contributed by atoms with van der Waals surface area (Å²) in [7, 11) is 0. The van der Waals surface area contributed by atoms with Gasteiger partial charge in [0.25, 0.3) is 0 Å². The van der Waals surface area contributed by atoms with Crippen molar-refractivity contribution >= 4 is 5.91 Å². The molecule has 4 nitrogen and oxygen atoms in total. The van der Waals surface area contributed by atoms with Crippen LogP contribution in [-0.4, -0.2) is 30.3 Å². The molecule has 1 heterocycles. The summed E-state index contributed by atoms with van der Waals surface area (Å²) >= 11 is 0. The van der Waals surface area contributed by atoms with Crippen LogP contribution in [0.5, 0.6) is 5.75 Å². The highest BCUT2D eigenvalue weighted by atomic mass is 16.5. The number of aromatic hydroxyl groups is 1. The number of phenolic OH excluding ortho intramolecular Hbond substituents is 1. The Morgan fingerprint density at radius 1 is 1.50 bits per heavy atom. The average Bonchev–Trinajstić information content (AvgIpc) is 2.85. The third-order valence-electron chi connectivity index (χ3n) is 3.17. The summed E-state index contributed by atoms with van der Waals surface area (Å²) in [6, 6.07) is 7.15. The molecule has 1 aliphatic rings. The van der Waals surface area contributed by atoms with Crippen LogP contribution in [0.4, 0.5) is 0 Å². The predicted molar refractivity (Wildman–Crippen MR) is 68.3 cm³/mol. The fourth-order valence-electron chi connectivity index (χ4n) is 2.14. The number of carbonyl (C=O) groups excluding carboxylic acids is 1. The third kappa shape index (κ3) is 3.47. The molecule has 1 aromatic carbocycles. The minimum Gasteiger partial charge on any atom is -0.508 e. The summed E-state index contributed by atoms with van der Waals surface area (Å²) in [6.45, 7) is 3.21. The molecule has 18 heavy (non-hydrogen) atoms. The Bertz CT molecular complexity index is 396. The van der Waals surface area contributed by atoms with Gasteiger partial charge < -0.3 is 15.2 Å². The van der Waals surface area contributed by atoms with Crippen LogP contribution in [0.2, 0.25) is 0 Å². The molecule has 2 rings (SSSR count). The molecule has 0 saturated carbocycles. The summed E-state index contributed by atoms with van der Waals surface area (Å²) in [5.74, 6) is 0.351. The van der Waals surface area contributed by atoms with E-state index in [1.807, 2.05) is 19.1 Å². The van der Waals surface area contributed by atoms with Gasteiger partial charge >= 0.3 is 0 Å². The van der Waals surface area contributed by atoms with Gasteiger partial charge in [0.05, 0.1) is 12.5 Å². The van der Waals surface area contributed by atoms with E-state index in [9.17, 15) is 9.90 Å². The van der Waals surface area contributed by atoms with Crippen molar-refractivity contribution in [3.05, 3.63) is 29.8 Å². The maximum Gasteiger partial charge on any atom is 0.225 e. The van der Waals surface area contributed by atoms with Gasteiger partial charge in [0.2, 0.25) is 5.91 Å². The molecule has 1 fully saturated rings. The number of hydrogen-bond donors (Lipinski definition) is 2. The highest BCUT2D eigenvalue weighted by Crippen LogP contribution is 2.14. The fourth-order valence-corrected chi connectivity index (χ4v) is 2.14. The zero-order valence-corrected chi connectivity index (χ0v) is 10.6. The van der Waals surface area contributed by atoms with Crippen LogP contribution in [-0.2, 0) is 16.0 Å². The smallest absolute Gasteiger partial charge is 0.225 e. The van der Waals surface area contributed by atoms with E-state index in [4.69, 9.17) is 4.74 Å². The predicted octanol–water partition coefficient (Wildman–Crippen LogP) is 1.48. The molecule has 1 aromatic rings. The Kier molecular flexibility index (Phi) is 4.20. The highest BCUT2D eigenvalue weighted by molar-refractivity contribution is 5.79. The lowest BCUT2D eigenvalue weighted by Gasteiger charge is -2.16. The lowest BCUT2D eigenvalue weighted by Crippen LogP contribution is -2.38. The minimum atomic E-state index is 0.00673. The van der Waals surface area contributed by atoms with Crippen LogP contribution in [0.1, 0.15) is 18.9 Å². The molecule has 2 atom stereocenters. The van der Waals surface area contributed by atoms with Gasteiger partial charge in [-0.25, -0.2) is 0 Å². The van der Waals surface area contributed by atoms with Gasteiger partial charge in [-0.3, -0.25) is 4.79 Å². The quantitative estimate of drug-likeness (QED) is 0.849. The zero-order chi connectivity index (χ0) is 13.0. The molecule has 0 unspecified atom stereocenters. The molecule has 4 heteroatoms. The van der Waals surface area contributed by atoms with Crippen molar-refractivity contribution in [1.29, 1.82) is 0 Å². The number of benzene rings is 1. The van der Waals surface area contributed by atoms with Gasteiger partial charge in [0.1, 0.15) is 5.75 Å². The van der Waals surface area contributed by atoms with E-state index in [0.717, 1.165) is 18.4 Å². The van der Waals surface area contributed by atoms with Crippen LogP contribution in [0.25, 0.3) is 0 Å². The topological polar surface area (TPSA) is 58.6 Å². The Labute approximate surface area is 107 Å². The van der Waals surface area contributed by atoms with Crippen molar-refractivity contribution in [1.82, 2.24) is 5.32 Å². The van der Waals surface area contributed by atoms with Gasteiger partial charge in [-0.15, -0.1) is 0 Å². The van der Waals surface area contributed by atoms with Crippen molar-refractivity contribution in [3.63, 3.8) is 0 Å². The lowest BCUT2D eigenvalue weighted by atomic mass is 10.0. The van der Waals surface area contributed by atoms with E-state index in [1.165, 1.54) is 0 Å². The van der Waals surface area contributed by atoms with E-state index in [2.05, 4.69) is 5.32 Å². The second-order valence-electron chi connectivity index (χ2n) is 4.84. The van der Waals surface area contributed by atoms with E-state index >= 15 is 0 Å². The molecule has 1 amide bonds. The number of carbonyl (C=O) groups is 1. The Morgan fingerprint density at radius 2 is 2.22 bits per heavy atom. The third-order valence-corrected chi connectivity index (χ3v) is 3.17. The molecule has 2 N–H and O–H groups in total. The number of phenols is 1. The van der Waals surface area contributed by atoms with Crippen molar-refractivity contribution in [2.24, 2.45) is 5.92 Å². The first-order valence-corrected chi connectivity index (χ1v) is 6.31. The summed E-state index contributed by atoms with van der Waals surface area (Å²) in [5.41, 5.74) is 1.10. The molecule has 1 aliphatic heterocycles. The molecule has 1 saturated heterocycles. The van der Waals surface area contributed by atoms with Crippen molar-refractivity contribution in [3.8, 4) is 5.75 Å². The van der Waals surface area contributed by atoms with Crippen molar-refractivity contribution in [2.45, 2.75) is 25.8 Å². The number of ether oxygens (including phenoxy) is 1. The standard InChI is InChI=1S/C14H19NO3/c1-10(8-11-2-4-13(16)5-3-11)15-14(17)12-6-7-18-9-12/h2-5,10,12,16H,6-9H2,1H3,(H,15,17)/t10-,12+/m1/s1. The molecular formula is C14H19NO3. The summed E-state index contributed by atoms with van der Waals surface area (Å²) in [5, 5.41) is 12.2. The fraction of sp³-hybridized carbons (Fsp3) is 0.500. The van der Waals surface area contributed by atoms with Crippen LogP contribution < -0.4 is 5.32 Å². The largest absolute Gasteiger partial charge is 0.508 e. The maximum atomic E-state index is 11.9. The van der Waals surface area contributed by atoms with Gasteiger partial charge in [-0.05, 0) is 37.5 Å². The summed E-state index contributed by atoms with van der Waals surface area (Å²) in [4.78, 5) is 11.9. The molecule has 0 aromatic heterocycles. The van der Waals surface area contributed by atoms with Crippen molar-refractivity contribution in [2.75, 3.05) is 13.2 Å². The normalized spacial score (nSPS) is 20.6. The van der Waals surface area contributed by atoms with E-state index in [1.54, 1.807) is 12.1 Å². The minimum absolute atomic E-state index is 0.00673. The second-order valence-corrected chi connectivity index (χ2v) is 4.84. The monoisotopic (exact) mass is 249 g/mol. The molecule has 0 aliphatic carbocycles. The summed E-state index contributed by atoms with van der Waals surface area (Å²) < 4.78 is 5.20. The Hall–Kier alpha value is -1.55. The number of rotatable bonds is 4. The SMILES string of the molecule is C[C@H](Cc1ccc(O)cc1)NC(=O)[C@H]1CCOC1. The van der Waals surface area contributed by atoms with Gasteiger partial charge in [0, 0.05) is 12.6 Å². The second kappa shape index (κ2) is 5.87. The first-order chi connectivity index (χ1) is 8.65. The van der Waals surface area contributed by atoms with Gasteiger partial charge in [-0.1, -0.05) is 12.1 Å². The van der Waals surface area contributed by atoms with E-state index < -0.39 is 0 Å². The van der Waals surface area contributed by atoms with Crippen LogP contribution in [0.15, 0.2) is 24.3 Å². The first kappa shape index (κ1) is 12.9. The Balaban J connectivity index is 1.82. The first-order valence-electron chi connectivity index (χ1n) is 6.31. The zero-order valence-electron chi connectivity index (χ0n) is 10.6. The Morgan fingerprint density at radius 3 is 2.83 bits per heavy atom. The van der Waals surface area contributed by atoms with Crippen molar-refractivity contribution < 1.29 is 14.6 Å². The van der Waals surface area contributed by atoms with Gasteiger partial charge in [-0.2, -0.15) is 0 Å². The molecule has 0 spiro atoms. The average molecular weight is 249 g/mol. The summed E-state index contributed by atoms with van der Waals surface area (Å²) in [6.07, 6.45) is 1.58. The van der Waals surface area contributed by atoms with E-state index in [0.29, 0.717) is 13.2 Å². The number of amides is 1. The molecule has 98 valence electrons. The lowest BCUT2D eigenvalue weighted by molar-refractivity contribution is -0.125. The van der Waals surface area contributed by atoms with E-state index in [-0.39, 0.29) is 23.6 Å². The molecule has 0 radical (unpaired) electrons. The van der Waals surface area contributed by atoms with Crippen LogP contribution in [0, 0.1) is 5.92 Å². The molecular weight excluding hydrogens is 230 g/mol. The van der Waals surface area contributed by atoms with Crippen LogP contribution >= 0.6 is 0 Å². The maximum absolute atomic E-state index is 11.9.